The van der Waals surface area contributed by atoms with Gasteiger partial charge in [0.2, 0.25) is 0 Å². The predicted octanol–water partition coefficient (Wildman–Crippen LogP) is 1.55. The fraction of sp³-hybridized carbons (Fsp3) is 0.353. The molecule has 24 heavy (non-hydrogen) atoms. The van der Waals surface area contributed by atoms with Gasteiger partial charge in [0.1, 0.15) is 23.1 Å². The maximum atomic E-state index is 11.9. The number of carbonyl (C=O) groups excluding carboxylic acids is 1. The minimum Gasteiger partial charge on any atom is -0.497 e. The highest BCUT2D eigenvalue weighted by molar-refractivity contribution is 5.77. The minimum atomic E-state index is -0.234. The van der Waals surface area contributed by atoms with Crippen molar-refractivity contribution in [3.05, 3.63) is 41.9 Å². The maximum Gasteiger partial charge on any atom is 0.258 e. The Morgan fingerprint density at radius 3 is 2.46 bits per heavy atom. The van der Waals surface area contributed by atoms with Crippen LogP contribution >= 0.6 is 0 Å². The van der Waals surface area contributed by atoms with Gasteiger partial charge in [-0.1, -0.05) is 0 Å². The molecule has 7 heteroatoms. The first-order chi connectivity index (χ1) is 11.5. The van der Waals surface area contributed by atoms with Crippen molar-refractivity contribution in [2.75, 3.05) is 32.7 Å². The molecule has 0 aliphatic rings. The number of anilines is 1. The lowest BCUT2D eigenvalue weighted by Gasteiger charge is -2.13. The summed E-state index contributed by atoms with van der Waals surface area (Å²) in [6.45, 7) is 2.08. The zero-order valence-corrected chi connectivity index (χ0v) is 14.4. The molecule has 0 fully saturated rings. The normalized spacial score (nSPS) is 10.2. The molecule has 0 spiro atoms. The first kappa shape index (κ1) is 17.5. The zero-order chi connectivity index (χ0) is 17.5. The topological polar surface area (TPSA) is 76.6 Å². The molecule has 0 unspecified atom stereocenters. The number of benzene rings is 1. The van der Waals surface area contributed by atoms with Crippen molar-refractivity contribution >= 4 is 11.7 Å². The lowest BCUT2D eigenvalue weighted by molar-refractivity contribution is -0.123. The Labute approximate surface area is 141 Å². The van der Waals surface area contributed by atoms with Gasteiger partial charge in [-0.2, -0.15) is 0 Å². The van der Waals surface area contributed by atoms with E-state index in [2.05, 4.69) is 15.3 Å². The van der Waals surface area contributed by atoms with Gasteiger partial charge < -0.3 is 19.7 Å². The summed E-state index contributed by atoms with van der Waals surface area (Å²) >= 11 is 0. The van der Waals surface area contributed by atoms with Crippen LogP contribution < -0.4 is 19.7 Å². The van der Waals surface area contributed by atoms with Gasteiger partial charge in [-0.05, 0) is 31.2 Å². The molecule has 0 saturated heterocycles. The summed E-state index contributed by atoms with van der Waals surface area (Å²) in [6.07, 6.45) is 0. The monoisotopic (exact) mass is 330 g/mol. The third-order valence-corrected chi connectivity index (χ3v) is 3.22. The van der Waals surface area contributed by atoms with Crippen molar-refractivity contribution in [1.29, 1.82) is 0 Å². The van der Waals surface area contributed by atoms with E-state index >= 15 is 0 Å². The summed E-state index contributed by atoms with van der Waals surface area (Å²) in [5.74, 6) is 2.48. The van der Waals surface area contributed by atoms with Crippen LogP contribution in [0.1, 0.15) is 11.5 Å². The van der Waals surface area contributed by atoms with Crippen LogP contribution in [0.15, 0.2) is 30.3 Å². The average Bonchev–Trinajstić information content (AvgIpc) is 2.58. The van der Waals surface area contributed by atoms with Crippen LogP contribution in [0.5, 0.6) is 11.5 Å². The highest BCUT2D eigenvalue weighted by Crippen LogP contribution is 2.16. The van der Waals surface area contributed by atoms with Gasteiger partial charge in [0.05, 0.1) is 13.7 Å². The van der Waals surface area contributed by atoms with E-state index in [1.807, 2.05) is 32.0 Å². The van der Waals surface area contributed by atoms with E-state index < -0.39 is 0 Å². The quantitative estimate of drug-likeness (QED) is 0.830. The molecule has 1 aromatic heterocycles. The Balaban J connectivity index is 1.84. The fourth-order valence-electron chi connectivity index (χ4n) is 1.97. The summed E-state index contributed by atoms with van der Waals surface area (Å²) in [4.78, 5) is 22.5. The SMILES string of the molecule is COc1ccc(OCC(=O)NCc2nc(C)cc(N(C)C)n2)cc1. The number of nitrogens with zero attached hydrogens (tertiary/aromatic N) is 3. The number of methoxy groups -OCH3 is 1. The number of hydrogen-bond acceptors (Lipinski definition) is 6. The molecular formula is C17H22N4O3. The van der Waals surface area contributed by atoms with Crippen LogP contribution in [-0.2, 0) is 11.3 Å². The number of aromatic nitrogens is 2. The molecule has 0 radical (unpaired) electrons. The smallest absolute Gasteiger partial charge is 0.258 e. The molecule has 0 aliphatic heterocycles. The van der Waals surface area contributed by atoms with Crippen LogP contribution in [-0.4, -0.2) is 43.7 Å². The van der Waals surface area contributed by atoms with Gasteiger partial charge in [-0.25, -0.2) is 9.97 Å². The lowest BCUT2D eigenvalue weighted by Crippen LogP contribution is -2.29. The van der Waals surface area contributed by atoms with Gasteiger partial charge in [-0.15, -0.1) is 0 Å². The highest BCUT2D eigenvalue weighted by atomic mass is 16.5. The van der Waals surface area contributed by atoms with Gasteiger partial charge in [0.15, 0.2) is 6.61 Å². The Hall–Kier alpha value is -2.83. The number of carbonyl (C=O) groups is 1. The molecular weight excluding hydrogens is 308 g/mol. The van der Waals surface area contributed by atoms with E-state index in [-0.39, 0.29) is 19.1 Å². The van der Waals surface area contributed by atoms with E-state index in [4.69, 9.17) is 9.47 Å². The van der Waals surface area contributed by atoms with Gasteiger partial charge in [-0.3, -0.25) is 4.79 Å². The summed E-state index contributed by atoms with van der Waals surface area (Å²) in [7, 11) is 5.41. The molecule has 1 N–H and O–H groups in total. The van der Waals surface area contributed by atoms with E-state index in [0.29, 0.717) is 11.6 Å². The van der Waals surface area contributed by atoms with E-state index in [0.717, 1.165) is 17.3 Å². The molecule has 1 aromatic carbocycles. The first-order valence-corrected chi connectivity index (χ1v) is 7.53. The third-order valence-electron chi connectivity index (χ3n) is 3.22. The maximum absolute atomic E-state index is 11.9. The third kappa shape index (κ3) is 5.12. The molecule has 0 saturated carbocycles. The molecule has 2 rings (SSSR count). The van der Waals surface area contributed by atoms with Crippen molar-refractivity contribution < 1.29 is 14.3 Å². The van der Waals surface area contributed by atoms with Crippen molar-refractivity contribution in [2.45, 2.75) is 13.5 Å². The molecule has 1 amide bonds. The highest BCUT2D eigenvalue weighted by Gasteiger charge is 2.07. The Morgan fingerprint density at radius 1 is 1.17 bits per heavy atom. The first-order valence-electron chi connectivity index (χ1n) is 7.53. The van der Waals surface area contributed by atoms with Crippen molar-refractivity contribution in [3.63, 3.8) is 0 Å². The number of nitrogens with one attached hydrogen (secondary N) is 1. The van der Waals surface area contributed by atoms with Crippen LogP contribution in [0, 0.1) is 6.92 Å². The fourth-order valence-corrected chi connectivity index (χ4v) is 1.97. The number of aryl methyl sites for hydroxylation is 1. The van der Waals surface area contributed by atoms with E-state index in [9.17, 15) is 4.79 Å². The summed E-state index contributed by atoms with van der Waals surface area (Å²) in [6, 6.07) is 8.93. The van der Waals surface area contributed by atoms with Crippen molar-refractivity contribution in [3.8, 4) is 11.5 Å². The number of rotatable bonds is 7. The van der Waals surface area contributed by atoms with Gasteiger partial charge in [0, 0.05) is 25.9 Å². The van der Waals surface area contributed by atoms with Crippen molar-refractivity contribution in [2.24, 2.45) is 0 Å². The largest absolute Gasteiger partial charge is 0.497 e. The molecule has 0 atom stereocenters. The Bertz CT molecular complexity index is 687. The van der Waals surface area contributed by atoms with Crippen LogP contribution in [0.4, 0.5) is 5.82 Å². The number of hydrogen-bond donors (Lipinski definition) is 1. The Morgan fingerprint density at radius 2 is 1.83 bits per heavy atom. The summed E-state index contributed by atoms with van der Waals surface area (Å²) in [5, 5.41) is 2.75. The summed E-state index contributed by atoms with van der Waals surface area (Å²) < 4.78 is 10.5. The second-order valence-corrected chi connectivity index (χ2v) is 5.42. The van der Waals surface area contributed by atoms with Crippen LogP contribution in [0.2, 0.25) is 0 Å². The van der Waals surface area contributed by atoms with Crippen molar-refractivity contribution in [1.82, 2.24) is 15.3 Å². The van der Waals surface area contributed by atoms with Crippen LogP contribution in [0.3, 0.4) is 0 Å². The van der Waals surface area contributed by atoms with Crippen LogP contribution in [0.25, 0.3) is 0 Å². The predicted molar refractivity (Wildman–Crippen MR) is 91.4 cm³/mol. The summed E-state index contributed by atoms with van der Waals surface area (Å²) in [5.41, 5.74) is 0.854. The average molecular weight is 330 g/mol. The van der Waals surface area contributed by atoms with E-state index in [1.165, 1.54) is 0 Å². The zero-order valence-electron chi connectivity index (χ0n) is 14.4. The number of ether oxygens (including phenoxy) is 2. The van der Waals surface area contributed by atoms with E-state index in [1.54, 1.807) is 31.4 Å². The molecule has 2 aromatic rings. The second-order valence-electron chi connectivity index (χ2n) is 5.42. The molecule has 7 nitrogen and oxygen atoms in total. The number of amides is 1. The Kier molecular flexibility index (Phi) is 5.95. The molecule has 0 aliphatic carbocycles. The molecule has 0 bridgehead atoms. The van der Waals surface area contributed by atoms with Gasteiger partial charge >= 0.3 is 0 Å². The lowest BCUT2D eigenvalue weighted by atomic mass is 10.3. The van der Waals surface area contributed by atoms with Gasteiger partial charge in [0.25, 0.3) is 5.91 Å². The second kappa shape index (κ2) is 8.14. The molecule has 1 heterocycles. The molecule has 128 valence electrons. The standard InChI is InChI=1S/C17H22N4O3/c1-12-9-16(21(2)3)20-15(19-12)10-18-17(22)11-24-14-7-5-13(23-4)6-8-14/h5-9H,10-11H2,1-4H3,(H,18,22). The minimum absolute atomic E-state index is 0.0708.